The zero-order valence-corrected chi connectivity index (χ0v) is 7.04. The molecule has 0 aromatic carbocycles. The van der Waals surface area contributed by atoms with E-state index in [9.17, 15) is 13.2 Å². The molecule has 1 rings (SSSR count). The van der Waals surface area contributed by atoms with Gasteiger partial charge < -0.3 is 0 Å². The topological polar surface area (TPSA) is 12.9 Å². The highest BCUT2D eigenvalue weighted by molar-refractivity contribution is 7.98. The van der Waals surface area contributed by atoms with Gasteiger partial charge in [-0.15, -0.1) is 11.8 Å². The Hall–Kier alpha value is -0.710. The number of aromatic nitrogens is 1. The molecule has 0 amide bonds. The van der Waals surface area contributed by atoms with Crippen molar-refractivity contribution in [1.82, 2.24) is 4.98 Å². The molecule has 5 heteroatoms. The molecule has 12 heavy (non-hydrogen) atoms. The van der Waals surface area contributed by atoms with Gasteiger partial charge in [-0.05, 0) is 18.4 Å². The number of nitrogens with zero attached hydrogens (tertiary/aromatic N) is 1. The summed E-state index contributed by atoms with van der Waals surface area (Å²) in [6, 6.07) is 2.38. The highest BCUT2D eigenvalue weighted by atomic mass is 32.2. The van der Waals surface area contributed by atoms with Gasteiger partial charge in [0.2, 0.25) is 0 Å². The van der Waals surface area contributed by atoms with Gasteiger partial charge in [0.1, 0.15) is 5.69 Å². The van der Waals surface area contributed by atoms with Crippen LogP contribution in [0.2, 0.25) is 0 Å². The maximum absolute atomic E-state index is 12.0. The molecule has 0 saturated carbocycles. The second kappa shape index (κ2) is 3.35. The number of hydrogen-bond donors (Lipinski definition) is 0. The molecule has 0 spiro atoms. The third-order valence-corrected chi connectivity index (χ3v) is 1.98. The van der Waals surface area contributed by atoms with Crippen LogP contribution in [-0.2, 0) is 6.18 Å². The molecule has 0 N–H and O–H groups in total. The first-order valence-corrected chi connectivity index (χ1v) is 4.34. The molecule has 0 unspecified atom stereocenters. The smallest absolute Gasteiger partial charge is 0.251 e. The second-order valence-electron chi connectivity index (χ2n) is 2.08. The minimum absolute atomic E-state index is 0.725. The molecule has 0 saturated heterocycles. The first-order chi connectivity index (χ1) is 5.54. The normalized spacial score (nSPS) is 11.7. The summed E-state index contributed by atoms with van der Waals surface area (Å²) in [5, 5.41) is 0. The lowest BCUT2D eigenvalue weighted by molar-refractivity contribution is -0.141. The van der Waals surface area contributed by atoms with Crippen molar-refractivity contribution < 1.29 is 13.2 Å². The minimum atomic E-state index is -4.34. The van der Waals surface area contributed by atoms with Crippen LogP contribution in [0.1, 0.15) is 5.69 Å². The second-order valence-corrected chi connectivity index (χ2v) is 2.96. The van der Waals surface area contributed by atoms with E-state index in [2.05, 4.69) is 4.98 Å². The van der Waals surface area contributed by atoms with E-state index in [-0.39, 0.29) is 0 Å². The Labute approximate surface area is 72.0 Å². The minimum Gasteiger partial charge on any atom is -0.251 e. The summed E-state index contributed by atoms with van der Waals surface area (Å²) in [6.45, 7) is 0. The third kappa shape index (κ3) is 2.14. The van der Waals surface area contributed by atoms with Crippen molar-refractivity contribution in [2.75, 3.05) is 6.26 Å². The summed E-state index contributed by atoms with van der Waals surface area (Å²) in [6.07, 6.45) is -1.34. The van der Waals surface area contributed by atoms with Crippen LogP contribution in [0.4, 0.5) is 13.2 Å². The monoisotopic (exact) mass is 193 g/mol. The van der Waals surface area contributed by atoms with Crippen LogP contribution >= 0.6 is 11.8 Å². The summed E-state index contributed by atoms with van der Waals surface area (Å²) in [7, 11) is 0. The van der Waals surface area contributed by atoms with E-state index in [1.165, 1.54) is 24.0 Å². The molecule has 1 aromatic rings. The fourth-order valence-electron chi connectivity index (χ4n) is 0.669. The van der Waals surface area contributed by atoms with Gasteiger partial charge in [-0.25, -0.2) is 0 Å². The van der Waals surface area contributed by atoms with Gasteiger partial charge in [-0.3, -0.25) is 4.98 Å². The van der Waals surface area contributed by atoms with Crippen molar-refractivity contribution in [3.05, 3.63) is 24.0 Å². The molecule has 0 aliphatic rings. The average molecular weight is 193 g/mol. The standard InChI is InChI=1S/C7H6F3NS/c1-12-5-2-3-6(11-4-5)7(8,9)10/h2-4H,1H3. The van der Waals surface area contributed by atoms with Gasteiger partial charge >= 0.3 is 6.18 Å². The Bertz CT molecular complexity index is 254. The van der Waals surface area contributed by atoms with E-state index in [4.69, 9.17) is 0 Å². The molecule has 1 nitrogen and oxygen atoms in total. The molecule has 0 aliphatic heterocycles. The third-order valence-electron chi connectivity index (χ3n) is 1.26. The zero-order chi connectivity index (χ0) is 9.19. The molecule has 0 fully saturated rings. The molecular formula is C7H6F3NS. The predicted octanol–water partition coefficient (Wildman–Crippen LogP) is 2.82. The Kier molecular flexibility index (Phi) is 2.62. The molecule has 1 heterocycles. The molecule has 1 aromatic heterocycles. The van der Waals surface area contributed by atoms with Gasteiger partial charge in [0.15, 0.2) is 0 Å². The summed E-state index contributed by atoms with van der Waals surface area (Å²) in [5.74, 6) is 0. The molecule has 0 aliphatic carbocycles. The first kappa shape index (κ1) is 9.38. The molecule has 66 valence electrons. The average Bonchev–Trinajstić information content (AvgIpc) is 2.03. The summed E-state index contributed by atoms with van der Waals surface area (Å²) in [4.78, 5) is 4.00. The zero-order valence-electron chi connectivity index (χ0n) is 6.22. The van der Waals surface area contributed by atoms with E-state index in [0.717, 1.165) is 11.0 Å². The van der Waals surface area contributed by atoms with E-state index in [1.54, 1.807) is 6.26 Å². The van der Waals surface area contributed by atoms with Gasteiger partial charge in [0.05, 0.1) is 0 Å². The Morgan fingerprint density at radius 1 is 1.33 bits per heavy atom. The van der Waals surface area contributed by atoms with E-state index < -0.39 is 11.9 Å². The number of halogens is 3. The van der Waals surface area contributed by atoms with E-state index >= 15 is 0 Å². The molecule has 0 radical (unpaired) electrons. The lowest BCUT2D eigenvalue weighted by Crippen LogP contribution is -2.06. The van der Waals surface area contributed by atoms with Gasteiger partial charge in [-0.2, -0.15) is 13.2 Å². The van der Waals surface area contributed by atoms with E-state index in [1.807, 2.05) is 0 Å². The Balaban J connectivity index is 2.93. The van der Waals surface area contributed by atoms with Crippen LogP contribution in [0.15, 0.2) is 23.2 Å². The molecular weight excluding hydrogens is 187 g/mol. The largest absolute Gasteiger partial charge is 0.433 e. The lowest BCUT2D eigenvalue weighted by Gasteiger charge is -2.04. The summed E-state index contributed by atoms with van der Waals surface area (Å²) in [5.41, 5.74) is -0.847. The number of alkyl halides is 3. The van der Waals surface area contributed by atoms with Gasteiger partial charge in [0.25, 0.3) is 0 Å². The van der Waals surface area contributed by atoms with Crippen molar-refractivity contribution in [3.8, 4) is 0 Å². The maximum Gasteiger partial charge on any atom is 0.433 e. The number of pyridine rings is 1. The van der Waals surface area contributed by atoms with Crippen molar-refractivity contribution in [2.24, 2.45) is 0 Å². The summed E-state index contributed by atoms with van der Waals surface area (Å²) < 4.78 is 35.9. The van der Waals surface area contributed by atoms with Crippen LogP contribution in [-0.4, -0.2) is 11.2 Å². The number of thioether (sulfide) groups is 1. The Morgan fingerprint density at radius 2 is 2.00 bits per heavy atom. The van der Waals surface area contributed by atoms with Crippen LogP contribution in [0.5, 0.6) is 0 Å². The quantitative estimate of drug-likeness (QED) is 0.636. The lowest BCUT2D eigenvalue weighted by atomic mass is 10.3. The highest BCUT2D eigenvalue weighted by Gasteiger charge is 2.31. The van der Waals surface area contributed by atoms with E-state index in [0.29, 0.717) is 0 Å². The highest BCUT2D eigenvalue weighted by Crippen LogP contribution is 2.28. The summed E-state index contributed by atoms with van der Waals surface area (Å²) >= 11 is 1.36. The predicted molar refractivity (Wildman–Crippen MR) is 41.0 cm³/mol. The van der Waals surface area contributed by atoms with Gasteiger partial charge in [0, 0.05) is 11.1 Å². The van der Waals surface area contributed by atoms with Crippen LogP contribution in [0.25, 0.3) is 0 Å². The maximum atomic E-state index is 12.0. The molecule has 0 atom stereocenters. The van der Waals surface area contributed by atoms with Crippen molar-refractivity contribution in [2.45, 2.75) is 11.1 Å². The van der Waals surface area contributed by atoms with Crippen LogP contribution in [0, 0.1) is 0 Å². The Morgan fingerprint density at radius 3 is 2.33 bits per heavy atom. The fraction of sp³-hybridized carbons (Fsp3) is 0.286. The van der Waals surface area contributed by atoms with Crippen molar-refractivity contribution in [1.29, 1.82) is 0 Å². The van der Waals surface area contributed by atoms with Crippen LogP contribution < -0.4 is 0 Å². The van der Waals surface area contributed by atoms with Crippen LogP contribution in [0.3, 0.4) is 0 Å². The first-order valence-electron chi connectivity index (χ1n) is 3.11. The fourth-order valence-corrected chi connectivity index (χ4v) is 1.03. The number of hydrogen-bond acceptors (Lipinski definition) is 2. The molecule has 0 bridgehead atoms. The number of rotatable bonds is 1. The van der Waals surface area contributed by atoms with Crippen molar-refractivity contribution in [3.63, 3.8) is 0 Å². The SMILES string of the molecule is CSc1ccc(C(F)(F)F)nc1. The van der Waals surface area contributed by atoms with Gasteiger partial charge in [-0.1, -0.05) is 0 Å². The van der Waals surface area contributed by atoms with Crippen molar-refractivity contribution >= 4 is 11.8 Å².